The maximum atomic E-state index is 12.4. The molecule has 0 spiro atoms. The molecule has 0 aliphatic carbocycles. The number of piperidine rings is 1. The van der Waals surface area contributed by atoms with Crippen LogP contribution in [0.25, 0.3) is 0 Å². The summed E-state index contributed by atoms with van der Waals surface area (Å²) in [6.07, 6.45) is 1.08. The lowest BCUT2D eigenvalue weighted by Crippen LogP contribution is -2.49. The molecule has 3 N–H and O–H groups in total. The summed E-state index contributed by atoms with van der Waals surface area (Å²) in [5, 5.41) is 12.1. The number of nitriles is 1. The highest BCUT2D eigenvalue weighted by atomic mass is 16.8. The molecule has 2 fully saturated rings. The quantitative estimate of drug-likeness (QED) is 0.713. The minimum Gasteiger partial charge on any atom is -0.342 e. The molecule has 5 atom stereocenters. The second-order valence-electron chi connectivity index (χ2n) is 7.18. The van der Waals surface area contributed by atoms with Gasteiger partial charge in [0, 0.05) is 19.5 Å². The average Bonchev–Trinajstić information content (AvgIpc) is 3.14. The molecule has 2 saturated heterocycles. The topological polar surface area (TPSA) is 106 Å². The lowest BCUT2D eigenvalue weighted by molar-refractivity contribution is -0.139. The fourth-order valence-electron chi connectivity index (χ4n) is 3.72. The molecule has 5 unspecified atom stereocenters. The third-order valence-corrected chi connectivity index (χ3v) is 5.56. The Kier molecular flexibility index (Phi) is 6.06. The van der Waals surface area contributed by atoms with Crippen molar-refractivity contribution in [1.29, 1.82) is 5.26 Å². The van der Waals surface area contributed by atoms with Crippen molar-refractivity contribution in [2.75, 3.05) is 7.05 Å². The molecule has 0 saturated carbocycles. The van der Waals surface area contributed by atoms with Gasteiger partial charge < -0.3 is 10.2 Å². The first-order valence-electron chi connectivity index (χ1n) is 9.18. The van der Waals surface area contributed by atoms with Crippen LogP contribution in [0.2, 0.25) is 0 Å². The number of carbonyl (C=O) groups excluding carboxylic acids is 2. The third kappa shape index (κ3) is 4.27. The van der Waals surface area contributed by atoms with E-state index < -0.39 is 5.92 Å². The van der Waals surface area contributed by atoms with E-state index in [4.69, 9.17) is 4.94 Å². The molecule has 2 aliphatic rings. The first-order valence-corrected chi connectivity index (χ1v) is 9.18. The molecule has 3 rings (SSSR count). The van der Waals surface area contributed by atoms with E-state index in [9.17, 15) is 14.9 Å². The smallest absolute Gasteiger partial charge is 0.239 e. The molecular formula is C19H25N5O3. The largest absolute Gasteiger partial charge is 0.342 e. The predicted molar refractivity (Wildman–Crippen MR) is 97.1 cm³/mol. The normalized spacial score (nSPS) is 30.8. The molecule has 8 heteroatoms. The number of carbonyl (C=O) groups is 2. The number of rotatable bonds is 5. The van der Waals surface area contributed by atoms with Crippen molar-refractivity contribution in [3.05, 3.63) is 35.9 Å². The number of hydroxylamine groups is 2. The number of nitrogens with one attached hydrogen (secondary N) is 3. The summed E-state index contributed by atoms with van der Waals surface area (Å²) in [7, 11) is 1.72. The SMILES string of the molecule is CC1C(CCC(=O)NC2NONC2c2ccccc2)CC(C#N)C(=O)N1C. The molecule has 2 aliphatic heterocycles. The Hall–Kier alpha value is -2.47. The van der Waals surface area contributed by atoms with Crippen LogP contribution in [-0.2, 0) is 14.5 Å². The minimum atomic E-state index is -0.615. The Labute approximate surface area is 158 Å². The maximum absolute atomic E-state index is 12.4. The molecule has 27 heavy (non-hydrogen) atoms. The lowest BCUT2D eigenvalue weighted by Gasteiger charge is -2.38. The van der Waals surface area contributed by atoms with E-state index in [-0.39, 0.29) is 36.0 Å². The van der Waals surface area contributed by atoms with Gasteiger partial charge in [0.1, 0.15) is 12.1 Å². The number of hydrogen-bond donors (Lipinski definition) is 3. The van der Waals surface area contributed by atoms with Crippen LogP contribution in [-0.4, -0.2) is 36.0 Å². The van der Waals surface area contributed by atoms with Crippen molar-refractivity contribution in [1.82, 2.24) is 21.2 Å². The lowest BCUT2D eigenvalue weighted by atomic mass is 9.81. The van der Waals surface area contributed by atoms with Crippen LogP contribution in [0.3, 0.4) is 0 Å². The van der Waals surface area contributed by atoms with Crippen molar-refractivity contribution in [2.24, 2.45) is 11.8 Å². The molecule has 2 heterocycles. The number of hydrogen-bond acceptors (Lipinski definition) is 6. The third-order valence-electron chi connectivity index (χ3n) is 5.56. The Balaban J connectivity index is 1.54. The maximum Gasteiger partial charge on any atom is 0.239 e. The van der Waals surface area contributed by atoms with Crippen LogP contribution in [0.5, 0.6) is 0 Å². The van der Waals surface area contributed by atoms with Crippen LogP contribution >= 0.6 is 0 Å². The summed E-state index contributed by atoms with van der Waals surface area (Å²) in [6.45, 7) is 1.97. The second-order valence-corrected chi connectivity index (χ2v) is 7.18. The summed E-state index contributed by atoms with van der Waals surface area (Å²) in [5.74, 6) is -0.717. The average molecular weight is 371 g/mol. The first-order chi connectivity index (χ1) is 13.0. The minimum absolute atomic E-state index is 0.0153. The summed E-state index contributed by atoms with van der Waals surface area (Å²) in [5.41, 5.74) is 6.64. The van der Waals surface area contributed by atoms with Crippen LogP contribution < -0.4 is 16.3 Å². The van der Waals surface area contributed by atoms with Gasteiger partial charge in [-0.15, -0.1) is 0 Å². The van der Waals surface area contributed by atoms with Gasteiger partial charge in [0.05, 0.1) is 12.1 Å². The van der Waals surface area contributed by atoms with Gasteiger partial charge in [0.2, 0.25) is 11.8 Å². The molecule has 144 valence electrons. The van der Waals surface area contributed by atoms with Gasteiger partial charge in [-0.2, -0.15) is 16.2 Å². The fourth-order valence-corrected chi connectivity index (χ4v) is 3.72. The van der Waals surface area contributed by atoms with Crippen molar-refractivity contribution >= 4 is 11.8 Å². The van der Waals surface area contributed by atoms with Crippen molar-refractivity contribution in [3.63, 3.8) is 0 Å². The summed E-state index contributed by atoms with van der Waals surface area (Å²) >= 11 is 0. The Morgan fingerprint density at radius 2 is 2.11 bits per heavy atom. The number of amides is 2. The van der Waals surface area contributed by atoms with Crippen molar-refractivity contribution < 1.29 is 14.5 Å². The van der Waals surface area contributed by atoms with Crippen LogP contribution in [0.15, 0.2) is 30.3 Å². The molecule has 1 aromatic rings. The molecule has 0 radical (unpaired) electrons. The van der Waals surface area contributed by atoms with Crippen LogP contribution in [0.4, 0.5) is 0 Å². The summed E-state index contributed by atoms with van der Waals surface area (Å²) < 4.78 is 0. The first kappa shape index (κ1) is 19.3. The molecule has 0 bridgehead atoms. The van der Waals surface area contributed by atoms with E-state index in [1.807, 2.05) is 37.3 Å². The van der Waals surface area contributed by atoms with Crippen molar-refractivity contribution in [3.8, 4) is 6.07 Å². The van der Waals surface area contributed by atoms with E-state index in [0.717, 1.165) is 5.56 Å². The van der Waals surface area contributed by atoms with Gasteiger partial charge in [0.25, 0.3) is 0 Å². The fraction of sp³-hybridized carbons (Fsp3) is 0.526. The Morgan fingerprint density at radius 1 is 1.37 bits per heavy atom. The van der Waals surface area contributed by atoms with E-state index in [2.05, 4.69) is 22.3 Å². The van der Waals surface area contributed by atoms with Crippen molar-refractivity contribution in [2.45, 2.75) is 44.4 Å². The van der Waals surface area contributed by atoms with E-state index in [1.54, 1.807) is 11.9 Å². The van der Waals surface area contributed by atoms with Gasteiger partial charge in [-0.05, 0) is 31.2 Å². The summed E-state index contributed by atoms with van der Waals surface area (Å²) in [6, 6.07) is 11.6. The molecule has 8 nitrogen and oxygen atoms in total. The van der Waals surface area contributed by atoms with E-state index in [1.165, 1.54) is 0 Å². The van der Waals surface area contributed by atoms with E-state index in [0.29, 0.717) is 19.3 Å². The number of benzene rings is 1. The van der Waals surface area contributed by atoms with E-state index >= 15 is 0 Å². The Bertz CT molecular complexity index is 720. The number of likely N-dealkylation sites (tertiary alicyclic amines) is 1. The van der Waals surface area contributed by atoms with Crippen LogP contribution in [0, 0.1) is 23.2 Å². The second kappa shape index (κ2) is 8.48. The molecule has 2 amide bonds. The van der Waals surface area contributed by atoms with Gasteiger partial charge in [0.15, 0.2) is 0 Å². The van der Waals surface area contributed by atoms with Crippen LogP contribution in [0.1, 0.15) is 37.8 Å². The highest BCUT2D eigenvalue weighted by Gasteiger charge is 2.38. The highest BCUT2D eigenvalue weighted by molar-refractivity contribution is 5.82. The van der Waals surface area contributed by atoms with Gasteiger partial charge in [-0.1, -0.05) is 30.3 Å². The molecule has 1 aromatic carbocycles. The van der Waals surface area contributed by atoms with Gasteiger partial charge in [-0.3, -0.25) is 9.59 Å². The standard InChI is InChI=1S/C19H25N5O3/c1-12-14(10-15(11-20)19(26)24(12)2)8-9-16(25)21-18-17(22-27-23-18)13-6-4-3-5-7-13/h3-7,12,14-15,17-18,22-23H,8-10H2,1-2H3,(H,21,25). The zero-order valence-electron chi connectivity index (χ0n) is 15.5. The van der Waals surface area contributed by atoms with Gasteiger partial charge in [-0.25, -0.2) is 4.94 Å². The zero-order chi connectivity index (χ0) is 19.4. The monoisotopic (exact) mass is 371 g/mol. The highest BCUT2D eigenvalue weighted by Crippen LogP contribution is 2.30. The molecule has 0 aromatic heterocycles. The summed E-state index contributed by atoms with van der Waals surface area (Å²) in [4.78, 5) is 31.2. The van der Waals surface area contributed by atoms with Gasteiger partial charge >= 0.3 is 0 Å². The predicted octanol–water partition coefficient (Wildman–Crippen LogP) is 0.996. The Morgan fingerprint density at radius 3 is 2.81 bits per heavy atom. The molecular weight excluding hydrogens is 346 g/mol. The number of nitrogens with zero attached hydrogens (tertiary/aromatic N) is 2. The zero-order valence-corrected chi connectivity index (χ0v) is 15.5.